The van der Waals surface area contributed by atoms with E-state index in [2.05, 4.69) is 10.6 Å². The van der Waals surface area contributed by atoms with Gasteiger partial charge in [-0.1, -0.05) is 6.07 Å². The molecule has 1 atom stereocenters. The van der Waals surface area contributed by atoms with Gasteiger partial charge in [0.15, 0.2) is 0 Å². The predicted octanol–water partition coefficient (Wildman–Crippen LogP) is 2.71. The van der Waals surface area contributed by atoms with E-state index in [0.29, 0.717) is 18.7 Å². The second kappa shape index (κ2) is 12.6. The molecule has 0 bridgehead atoms. The number of amidine groups is 1. The van der Waals surface area contributed by atoms with Crippen LogP contribution in [-0.4, -0.2) is 58.4 Å². The van der Waals surface area contributed by atoms with Gasteiger partial charge in [-0.15, -0.1) is 12.4 Å². The van der Waals surface area contributed by atoms with Crippen molar-refractivity contribution < 1.29 is 14.3 Å². The number of carbonyl (C=O) groups is 2. The van der Waals surface area contributed by atoms with Crippen LogP contribution in [0.1, 0.15) is 42.8 Å². The number of hydrogen-bond donors (Lipinski definition) is 4. The topological polar surface area (TPSA) is 138 Å². The normalized spacial score (nSPS) is 13.7. The second-order valence-electron chi connectivity index (χ2n) is 8.83. The third kappa shape index (κ3) is 6.58. The van der Waals surface area contributed by atoms with Crippen LogP contribution < -0.4 is 16.4 Å². The molecule has 5 N–H and O–H groups in total. The average Bonchev–Trinajstić information content (AvgIpc) is 3.51. The molecule has 1 amide bonds. The van der Waals surface area contributed by atoms with Crippen molar-refractivity contribution >= 4 is 46.8 Å². The molecular weight excluding hydrogens is 494 g/mol. The van der Waals surface area contributed by atoms with Crippen LogP contribution >= 0.6 is 12.4 Å². The second-order valence-corrected chi connectivity index (χ2v) is 8.83. The van der Waals surface area contributed by atoms with Crippen LogP contribution in [-0.2, 0) is 27.9 Å². The number of aromatic nitrogens is 2. The Hall–Kier alpha value is -3.63. The van der Waals surface area contributed by atoms with Crippen LogP contribution in [0.25, 0.3) is 11.0 Å². The number of benzene rings is 2. The number of halogens is 1. The molecule has 198 valence electrons. The number of rotatable bonds is 10. The fraction of sp³-hybridized carbons (Fsp3) is 0.385. The van der Waals surface area contributed by atoms with Crippen molar-refractivity contribution in [2.24, 2.45) is 12.8 Å². The lowest BCUT2D eigenvalue weighted by Gasteiger charge is -2.24. The maximum absolute atomic E-state index is 13.3. The van der Waals surface area contributed by atoms with Gasteiger partial charge in [-0.05, 0) is 61.7 Å². The molecule has 0 saturated carbocycles. The summed E-state index contributed by atoms with van der Waals surface area (Å²) < 4.78 is 7.05. The summed E-state index contributed by atoms with van der Waals surface area (Å²) in [6, 6.07) is 12.5. The summed E-state index contributed by atoms with van der Waals surface area (Å²) in [6.07, 6.45) is 1.98. The number of fused-ring (bicyclic) bond motifs is 1. The summed E-state index contributed by atoms with van der Waals surface area (Å²) in [5, 5.41) is 14.0. The van der Waals surface area contributed by atoms with Gasteiger partial charge in [-0.2, -0.15) is 0 Å². The first-order valence-electron chi connectivity index (χ1n) is 12.2. The van der Waals surface area contributed by atoms with Crippen LogP contribution in [0.3, 0.4) is 0 Å². The molecule has 4 rings (SSSR count). The Labute approximate surface area is 222 Å². The SMILES string of the molecule is CCOC(=O)CNC(C(=O)N1CCCC1)c1ccc2c(c1)nc(CNc1ccc(C(=N)N)cc1)n2C.Cl. The number of amides is 1. The highest BCUT2D eigenvalue weighted by atomic mass is 35.5. The summed E-state index contributed by atoms with van der Waals surface area (Å²) >= 11 is 0. The number of carbonyl (C=O) groups excluding carboxylic acids is 2. The minimum absolute atomic E-state index is 0. The quantitative estimate of drug-likeness (QED) is 0.181. The molecular formula is C26H34ClN7O3. The highest BCUT2D eigenvalue weighted by Crippen LogP contribution is 2.24. The summed E-state index contributed by atoms with van der Waals surface area (Å²) in [6.45, 7) is 3.96. The van der Waals surface area contributed by atoms with Gasteiger partial charge >= 0.3 is 5.97 Å². The molecule has 37 heavy (non-hydrogen) atoms. The van der Waals surface area contributed by atoms with Crippen LogP contribution in [0.4, 0.5) is 5.69 Å². The number of aryl methyl sites for hydroxylation is 1. The third-order valence-corrected chi connectivity index (χ3v) is 6.40. The Morgan fingerprint density at radius 2 is 1.86 bits per heavy atom. The summed E-state index contributed by atoms with van der Waals surface area (Å²) in [4.78, 5) is 31.9. The van der Waals surface area contributed by atoms with Gasteiger partial charge in [0.2, 0.25) is 5.91 Å². The number of nitrogens with two attached hydrogens (primary N) is 1. The number of esters is 1. The largest absolute Gasteiger partial charge is 0.465 e. The number of anilines is 1. The van der Waals surface area contributed by atoms with Crippen LogP contribution in [0.5, 0.6) is 0 Å². The molecule has 1 unspecified atom stereocenters. The van der Waals surface area contributed by atoms with Gasteiger partial charge in [0, 0.05) is 31.4 Å². The molecule has 1 aliphatic heterocycles. The predicted molar refractivity (Wildman–Crippen MR) is 146 cm³/mol. The summed E-state index contributed by atoms with van der Waals surface area (Å²) in [5.74, 6) is 0.439. The molecule has 0 spiro atoms. The molecule has 3 aromatic rings. The van der Waals surface area contributed by atoms with Crippen LogP contribution in [0.15, 0.2) is 42.5 Å². The van der Waals surface area contributed by atoms with E-state index < -0.39 is 6.04 Å². The van der Waals surface area contributed by atoms with Gasteiger partial charge < -0.3 is 25.3 Å². The van der Waals surface area contributed by atoms with E-state index in [1.54, 1.807) is 19.1 Å². The van der Waals surface area contributed by atoms with Crippen LogP contribution in [0.2, 0.25) is 0 Å². The Bertz CT molecular complexity index is 1250. The van der Waals surface area contributed by atoms with Gasteiger partial charge in [0.05, 0.1) is 30.7 Å². The lowest BCUT2D eigenvalue weighted by Crippen LogP contribution is -2.41. The van der Waals surface area contributed by atoms with E-state index >= 15 is 0 Å². The molecule has 1 aliphatic rings. The van der Waals surface area contributed by atoms with E-state index in [9.17, 15) is 9.59 Å². The standard InChI is InChI=1S/C26H33N7O3.ClH/c1-3-36-23(34)16-30-24(26(35)33-12-4-5-13-33)18-8-11-21-20(14-18)31-22(32(21)2)15-29-19-9-6-17(7-10-19)25(27)28;/h6-11,14,24,29-30H,3-5,12-13,15-16H2,1-2H3,(H3,27,28);1H. The average molecular weight is 528 g/mol. The summed E-state index contributed by atoms with van der Waals surface area (Å²) in [5.41, 5.74) is 9.58. The Balaban J connectivity index is 0.00000380. The minimum atomic E-state index is -0.653. The van der Waals surface area contributed by atoms with E-state index in [1.165, 1.54) is 0 Å². The van der Waals surface area contributed by atoms with E-state index in [1.807, 2.05) is 46.8 Å². The fourth-order valence-electron chi connectivity index (χ4n) is 4.42. The van der Waals surface area contributed by atoms with Gasteiger partial charge in [0.25, 0.3) is 0 Å². The highest BCUT2D eigenvalue weighted by molar-refractivity contribution is 5.95. The molecule has 11 heteroatoms. The minimum Gasteiger partial charge on any atom is -0.465 e. The first kappa shape index (κ1) is 27.9. The molecule has 2 aromatic carbocycles. The maximum atomic E-state index is 13.3. The van der Waals surface area contributed by atoms with E-state index in [-0.39, 0.29) is 36.7 Å². The van der Waals surface area contributed by atoms with Gasteiger partial charge in [-0.25, -0.2) is 4.98 Å². The molecule has 2 heterocycles. The maximum Gasteiger partial charge on any atom is 0.319 e. The van der Waals surface area contributed by atoms with Crippen molar-refractivity contribution in [3.8, 4) is 0 Å². The highest BCUT2D eigenvalue weighted by Gasteiger charge is 2.28. The number of nitrogens with one attached hydrogen (secondary N) is 3. The van der Waals surface area contributed by atoms with Crippen molar-refractivity contribution in [1.82, 2.24) is 19.8 Å². The van der Waals surface area contributed by atoms with Gasteiger partial charge in [0.1, 0.15) is 17.7 Å². The molecule has 1 aromatic heterocycles. The first-order chi connectivity index (χ1) is 17.4. The number of imidazole rings is 1. The first-order valence-corrected chi connectivity index (χ1v) is 12.2. The number of ether oxygens (including phenoxy) is 1. The Morgan fingerprint density at radius 3 is 2.51 bits per heavy atom. The zero-order valence-electron chi connectivity index (χ0n) is 21.1. The van der Waals surface area contributed by atoms with Crippen molar-refractivity contribution in [3.63, 3.8) is 0 Å². The van der Waals surface area contributed by atoms with E-state index in [0.717, 1.165) is 54.0 Å². The van der Waals surface area contributed by atoms with Crippen molar-refractivity contribution in [3.05, 3.63) is 59.4 Å². The fourth-order valence-corrected chi connectivity index (χ4v) is 4.42. The zero-order chi connectivity index (χ0) is 25.7. The lowest BCUT2D eigenvalue weighted by molar-refractivity contribution is -0.142. The molecule has 1 fully saturated rings. The molecule has 0 aliphatic carbocycles. The van der Waals surface area contributed by atoms with Crippen molar-refractivity contribution in [2.45, 2.75) is 32.4 Å². The Kier molecular flexibility index (Phi) is 9.48. The number of hydrogen-bond acceptors (Lipinski definition) is 7. The van der Waals surface area contributed by atoms with Crippen molar-refractivity contribution in [1.29, 1.82) is 5.41 Å². The number of likely N-dealkylation sites (tertiary alicyclic amines) is 1. The Morgan fingerprint density at radius 1 is 1.16 bits per heavy atom. The number of nitrogens with zero attached hydrogens (tertiary/aromatic N) is 3. The smallest absolute Gasteiger partial charge is 0.319 e. The lowest BCUT2D eigenvalue weighted by atomic mass is 10.0. The van der Waals surface area contributed by atoms with Gasteiger partial charge in [-0.3, -0.25) is 20.3 Å². The molecule has 1 saturated heterocycles. The van der Waals surface area contributed by atoms with Crippen LogP contribution in [0, 0.1) is 5.41 Å². The monoisotopic (exact) mass is 527 g/mol. The summed E-state index contributed by atoms with van der Waals surface area (Å²) in [7, 11) is 1.96. The van der Waals surface area contributed by atoms with Crippen molar-refractivity contribution in [2.75, 3.05) is 31.6 Å². The molecule has 10 nitrogen and oxygen atoms in total. The third-order valence-electron chi connectivity index (χ3n) is 6.40. The molecule has 0 radical (unpaired) electrons. The van der Waals surface area contributed by atoms with E-state index in [4.69, 9.17) is 20.9 Å². The number of nitrogen functional groups attached to an aromatic ring is 1. The zero-order valence-corrected chi connectivity index (χ0v) is 21.9.